The molecule has 2 rings (SSSR count). The fourth-order valence-electron chi connectivity index (χ4n) is 2.78. The van der Waals surface area contributed by atoms with Gasteiger partial charge in [0.05, 0.1) is 0 Å². The van der Waals surface area contributed by atoms with Gasteiger partial charge in [-0.05, 0) is 38.3 Å². The van der Waals surface area contributed by atoms with Crippen molar-refractivity contribution in [2.24, 2.45) is 5.41 Å². The summed E-state index contributed by atoms with van der Waals surface area (Å²) < 4.78 is 0. The average molecular weight is 261 g/mol. The summed E-state index contributed by atoms with van der Waals surface area (Å²) in [5, 5.41) is 3.32. The van der Waals surface area contributed by atoms with Crippen molar-refractivity contribution in [1.82, 2.24) is 10.3 Å². The zero-order valence-electron chi connectivity index (χ0n) is 12.7. The standard InChI is InChI=1S/C16H27N3/c1-5-16(3)8-11-19(12-9-16)15-14(13(2)17-4)7-6-10-18-15/h6-7,10,13,17H,5,8-9,11-12H2,1-4H3. The first-order valence-electron chi connectivity index (χ1n) is 7.47. The highest BCUT2D eigenvalue weighted by atomic mass is 15.2. The summed E-state index contributed by atoms with van der Waals surface area (Å²) in [5.41, 5.74) is 1.84. The second-order valence-electron chi connectivity index (χ2n) is 6.08. The van der Waals surface area contributed by atoms with Gasteiger partial charge in [0.1, 0.15) is 5.82 Å². The van der Waals surface area contributed by atoms with Gasteiger partial charge in [-0.2, -0.15) is 0 Å². The van der Waals surface area contributed by atoms with E-state index in [2.05, 4.69) is 42.0 Å². The van der Waals surface area contributed by atoms with E-state index in [1.807, 2.05) is 19.3 Å². The predicted octanol–water partition coefficient (Wildman–Crippen LogP) is 3.38. The van der Waals surface area contributed by atoms with Crippen molar-refractivity contribution >= 4 is 5.82 Å². The van der Waals surface area contributed by atoms with E-state index in [9.17, 15) is 0 Å². The first-order chi connectivity index (χ1) is 9.09. The van der Waals surface area contributed by atoms with Crippen molar-refractivity contribution in [2.45, 2.75) is 46.1 Å². The Balaban J connectivity index is 2.15. The summed E-state index contributed by atoms with van der Waals surface area (Å²) in [7, 11) is 2.01. The minimum absolute atomic E-state index is 0.350. The topological polar surface area (TPSA) is 28.2 Å². The molecule has 0 aromatic carbocycles. The maximum atomic E-state index is 4.63. The van der Waals surface area contributed by atoms with Crippen molar-refractivity contribution < 1.29 is 0 Å². The molecule has 0 bridgehead atoms. The summed E-state index contributed by atoms with van der Waals surface area (Å²) >= 11 is 0. The summed E-state index contributed by atoms with van der Waals surface area (Å²) in [5.74, 6) is 1.17. The number of rotatable bonds is 4. The predicted molar refractivity (Wildman–Crippen MR) is 81.6 cm³/mol. The molecule has 106 valence electrons. The summed E-state index contributed by atoms with van der Waals surface area (Å²) in [6.45, 7) is 9.18. The summed E-state index contributed by atoms with van der Waals surface area (Å²) in [6.07, 6.45) is 5.73. The third kappa shape index (κ3) is 3.08. The lowest BCUT2D eigenvalue weighted by atomic mass is 9.78. The molecule has 3 nitrogen and oxygen atoms in total. The molecule has 0 saturated carbocycles. The van der Waals surface area contributed by atoms with E-state index in [4.69, 9.17) is 0 Å². The molecular formula is C16H27N3. The molecule has 19 heavy (non-hydrogen) atoms. The third-order valence-electron chi connectivity index (χ3n) is 4.84. The Kier molecular flexibility index (Phi) is 4.46. The molecule has 1 fully saturated rings. The normalized spacial score (nSPS) is 20.3. The van der Waals surface area contributed by atoms with Crippen LogP contribution in [0, 0.1) is 5.41 Å². The Morgan fingerprint density at radius 1 is 1.42 bits per heavy atom. The second kappa shape index (κ2) is 5.91. The van der Waals surface area contributed by atoms with E-state index in [1.165, 1.54) is 30.6 Å². The minimum Gasteiger partial charge on any atom is -0.356 e. The number of piperidine rings is 1. The largest absolute Gasteiger partial charge is 0.356 e. The molecule has 1 unspecified atom stereocenters. The van der Waals surface area contributed by atoms with Crippen LogP contribution in [-0.2, 0) is 0 Å². The summed E-state index contributed by atoms with van der Waals surface area (Å²) in [4.78, 5) is 7.09. The number of pyridine rings is 1. The zero-order valence-corrected chi connectivity index (χ0v) is 12.7. The van der Waals surface area contributed by atoms with Crippen LogP contribution in [-0.4, -0.2) is 25.1 Å². The molecule has 0 aliphatic carbocycles. The second-order valence-corrected chi connectivity index (χ2v) is 6.08. The average Bonchev–Trinajstić information content (AvgIpc) is 2.47. The Bertz CT molecular complexity index is 408. The quantitative estimate of drug-likeness (QED) is 0.900. The van der Waals surface area contributed by atoms with Crippen molar-refractivity contribution in [3.63, 3.8) is 0 Å². The van der Waals surface area contributed by atoms with E-state index in [1.54, 1.807) is 0 Å². The van der Waals surface area contributed by atoms with Crippen LogP contribution >= 0.6 is 0 Å². The number of aromatic nitrogens is 1. The van der Waals surface area contributed by atoms with E-state index >= 15 is 0 Å². The van der Waals surface area contributed by atoms with Crippen LogP contribution in [0.2, 0.25) is 0 Å². The fraction of sp³-hybridized carbons (Fsp3) is 0.688. The van der Waals surface area contributed by atoms with E-state index < -0.39 is 0 Å². The van der Waals surface area contributed by atoms with Crippen molar-refractivity contribution in [3.05, 3.63) is 23.9 Å². The molecule has 0 radical (unpaired) electrons. The highest BCUT2D eigenvalue weighted by molar-refractivity contribution is 5.48. The lowest BCUT2D eigenvalue weighted by molar-refractivity contribution is 0.237. The zero-order chi connectivity index (χ0) is 13.9. The Morgan fingerprint density at radius 3 is 2.68 bits per heavy atom. The lowest BCUT2D eigenvalue weighted by Gasteiger charge is -2.40. The molecule has 2 heterocycles. The van der Waals surface area contributed by atoms with Gasteiger partial charge in [-0.15, -0.1) is 0 Å². The maximum absolute atomic E-state index is 4.63. The Morgan fingerprint density at radius 2 is 2.11 bits per heavy atom. The number of anilines is 1. The highest BCUT2D eigenvalue weighted by Crippen LogP contribution is 2.36. The van der Waals surface area contributed by atoms with Gasteiger partial charge in [0.15, 0.2) is 0 Å². The molecule has 1 N–H and O–H groups in total. The Labute approximate surface area is 117 Å². The van der Waals surface area contributed by atoms with Crippen molar-refractivity contribution in [1.29, 1.82) is 0 Å². The minimum atomic E-state index is 0.350. The smallest absolute Gasteiger partial charge is 0.133 e. The molecule has 1 atom stereocenters. The first kappa shape index (κ1) is 14.3. The van der Waals surface area contributed by atoms with Crippen molar-refractivity contribution in [2.75, 3.05) is 25.0 Å². The lowest BCUT2D eigenvalue weighted by Crippen LogP contribution is -2.39. The molecule has 1 saturated heterocycles. The van der Waals surface area contributed by atoms with Crippen molar-refractivity contribution in [3.8, 4) is 0 Å². The molecular weight excluding hydrogens is 234 g/mol. The molecule has 3 heteroatoms. The molecule has 1 aliphatic heterocycles. The first-order valence-corrected chi connectivity index (χ1v) is 7.47. The van der Waals surface area contributed by atoms with Crippen LogP contribution in [0.3, 0.4) is 0 Å². The van der Waals surface area contributed by atoms with E-state index in [0.29, 0.717) is 11.5 Å². The SMILES string of the molecule is CCC1(C)CCN(c2ncccc2C(C)NC)CC1. The van der Waals surface area contributed by atoms with Gasteiger partial charge in [-0.3, -0.25) is 0 Å². The van der Waals surface area contributed by atoms with Crippen LogP contribution in [0.25, 0.3) is 0 Å². The van der Waals surface area contributed by atoms with Gasteiger partial charge >= 0.3 is 0 Å². The van der Waals surface area contributed by atoms with Gasteiger partial charge < -0.3 is 10.2 Å². The number of nitrogens with one attached hydrogen (secondary N) is 1. The summed E-state index contributed by atoms with van der Waals surface area (Å²) in [6, 6.07) is 4.58. The van der Waals surface area contributed by atoms with Crippen LogP contribution in [0.1, 0.15) is 51.6 Å². The van der Waals surface area contributed by atoms with Gasteiger partial charge in [-0.1, -0.05) is 26.3 Å². The fourth-order valence-corrected chi connectivity index (χ4v) is 2.78. The molecule has 1 aromatic rings. The molecule has 0 spiro atoms. The van der Waals surface area contributed by atoms with E-state index in [-0.39, 0.29) is 0 Å². The van der Waals surface area contributed by atoms with E-state index in [0.717, 1.165) is 13.1 Å². The van der Waals surface area contributed by atoms with Crippen LogP contribution in [0.4, 0.5) is 5.82 Å². The monoisotopic (exact) mass is 261 g/mol. The number of hydrogen-bond acceptors (Lipinski definition) is 3. The maximum Gasteiger partial charge on any atom is 0.133 e. The number of hydrogen-bond donors (Lipinski definition) is 1. The van der Waals surface area contributed by atoms with Crippen LogP contribution in [0.15, 0.2) is 18.3 Å². The van der Waals surface area contributed by atoms with Crippen LogP contribution in [0.5, 0.6) is 0 Å². The van der Waals surface area contributed by atoms with Gasteiger partial charge in [0.25, 0.3) is 0 Å². The van der Waals surface area contributed by atoms with Gasteiger partial charge in [-0.25, -0.2) is 4.98 Å². The van der Waals surface area contributed by atoms with Gasteiger partial charge in [0, 0.05) is 30.9 Å². The molecule has 1 aliphatic rings. The molecule has 0 amide bonds. The highest BCUT2D eigenvalue weighted by Gasteiger charge is 2.29. The number of nitrogens with zero attached hydrogens (tertiary/aromatic N) is 2. The van der Waals surface area contributed by atoms with Gasteiger partial charge in [0.2, 0.25) is 0 Å². The molecule has 1 aromatic heterocycles. The Hall–Kier alpha value is -1.09. The van der Waals surface area contributed by atoms with Crippen LogP contribution < -0.4 is 10.2 Å². The third-order valence-corrected chi connectivity index (χ3v) is 4.84.